The van der Waals surface area contributed by atoms with E-state index in [2.05, 4.69) is 10.6 Å². The number of hydrogen-bond donors (Lipinski definition) is 2. The van der Waals surface area contributed by atoms with Crippen LogP contribution >= 0.6 is 11.6 Å². The third kappa shape index (κ3) is 4.98. The number of alkyl halides is 3. The summed E-state index contributed by atoms with van der Waals surface area (Å²) in [5.74, 6) is -1.15. The van der Waals surface area contributed by atoms with Gasteiger partial charge in [-0.1, -0.05) is 17.7 Å². The molecule has 0 unspecified atom stereocenters. The molecule has 0 atom stereocenters. The second kappa shape index (κ2) is 7.78. The standard InChI is InChI=1S/C18H16ClF3N2O2/c1-10-7-11(2)16(14(19)8-10)24-15(25)9-23-17(26)12-3-5-13(6-4-12)18(20,21)22/h3-8H,9H2,1-2H3,(H,23,26)(H,24,25). The number of nitrogens with one attached hydrogen (secondary N) is 2. The summed E-state index contributed by atoms with van der Waals surface area (Å²) in [6.45, 7) is 3.31. The van der Waals surface area contributed by atoms with Crippen LogP contribution in [0.5, 0.6) is 0 Å². The molecule has 0 aromatic heterocycles. The normalized spacial score (nSPS) is 11.2. The minimum absolute atomic E-state index is 0.0235. The van der Waals surface area contributed by atoms with E-state index in [0.29, 0.717) is 10.7 Å². The van der Waals surface area contributed by atoms with E-state index in [1.54, 1.807) is 13.0 Å². The maximum Gasteiger partial charge on any atom is 0.416 e. The number of aryl methyl sites for hydroxylation is 2. The first-order valence-electron chi connectivity index (χ1n) is 7.60. The van der Waals surface area contributed by atoms with Gasteiger partial charge in [-0.25, -0.2) is 0 Å². The molecule has 2 aromatic carbocycles. The minimum Gasteiger partial charge on any atom is -0.343 e. The minimum atomic E-state index is -4.47. The number of amides is 2. The van der Waals surface area contributed by atoms with Gasteiger partial charge in [-0.3, -0.25) is 9.59 Å². The molecule has 2 rings (SSSR count). The van der Waals surface area contributed by atoms with Crippen molar-refractivity contribution in [1.82, 2.24) is 5.32 Å². The lowest BCUT2D eigenvalue weighted by molar-refractivity contribution is -0.137. The highest BCUT2D eigenvalue weighted by Gasteiger charge is 2.30. The van der Waals surface area contributed by atoms with E-state index in [-0.39, 0.29) is 12.1 Å². The van der Waals surface area contributed by atoms with Crippen molar-refractivity contribution in [2.24, 2.45) is 0 Å². The predicted octanol–water partition coefficient (Wildman–Crippen LogP) is 4.34. The SMILES string of the molecule is Cc1cc(C)c(NC(=O)CNC(=O)c2ccc(C(F)(F)F)cc2)c(Cl)c1. The van der Waals surface area contributed by atoms with Gasteiger partial charge in [-0.05, 0) is 55.3 Å². The number of rotatable bonds is 4. The highest BCUT2D eigenvalue weighted by molar-refractivity contribution is 6.34. The Hall–Kier alpha value is -2.54. The molecule has 0 saturated carbocycles. The summed E-state index contributed by atoms with van der Waals surface area (Å²) in [7, 11) is 0. The Labute approximate surface area is 153 Å². The lowest BCUT2D eigenvalue weighted by atomic mass is 10.1. The van der Waals surface area contributed by atoms with Crippen molar-refractivity contribution in [2.75, 3.05) is 11.9 Å². The molecule has 0 aliphatic heterocycles. The van der Waals surface area contributed by atoms with Gasteiger partial charge in [0.2, 0.25) is 5.91 Å². The molecule has 2 amide bonds. The van der Waals surface area contributed by atoms with E-state index < -0.39 is 23.6 Å². The van der Waals surface area contributed by atoms with Gasteiger partial charge in [-0.15, -0.1) is 0 Å². The van der Waals surface area contributed by atoms with Gasteiger partial charge in [0.1, 0.15) is 0 Å². The number of anilines is 1. The van der Waals surface area contributed by atoms with Crippen LogP contribution in [0.4, 0.5) is 18.9 Å². The third-order valence-corrected chi connectivity index (χ3v) is 3.88. The predicted molar refractivity (Wildman–Crippen MR) is 93.3 cm³/mol. The summed E-state index contributed by atoms with van der Waals surface area (Å²) >= 11 is 6.10. The number of benzene rings is 2. The summed E-state index contributed by atoms with van der Waals surface area (Å²) < 4.78 is 37.5. The number of hydrogen-bond acceptors (Lipinski definition) is 2. The Morgan fingerprint density at radius 3 is 2.23 bits per heavy atom. The average molecular weight is 385 g/mol. The monoisotopic (exact) mass is 384 g/mol. The zero-order valence-electron chi connectivity index (χ0n) is 14.0. The summed E-state index contributed by atoms with van der Waals surface area (Å²) in [6.07, 6.45) is -4.47. The lowest BCUT2D eigenvalue weighted by Gasteiger charge is -2.12. The number of halogens is 4. The van der Waals surface area contributed by atoms with Crippen molar-refractivity contribution < 1.29 is 22.8 Å². The molecule has 0 fully saturated rings. The highest BCUT2D eigenvalue weighted by Crippen LogP contribution is 2.29. The van der Waals surface area contributed by atoms with Crippen molar-refractivity contribution in [3.05, 3.63) is 63.7 Å². The molecular formula is C18H16ClF3N2O2. The van der Waals surface area contributed by atoms with E-state index in [1.807, 2.05) is 13.0 Å². The molecule has 0 aliphatic carbocycles. The maximum atomic E-state index is 12.5. The van der Waals surface area contributed by atoms with Crippen molar-refractivity contribution in [1.29, 1.82) is 0 Å². The summed E-state index contributed by atoms with van der Waals surface area (Å²) in [6, 6.07) is 7.27. The first-order valence-corrected chi connectivity index (χ1v) is 7.98. The second-order valence-electron chi connectivity index (χ2n) is 5.74. The van der Waals surface area contributed by atoms with E-state index in [9.17, 15) is 22.8 Å². The van der Waals surface area contributed by atoms with Crippen LogP contribution < -0.4 is 10.6 Å². The zero-order chi connectivity index (χ0) is 19.5. The quantitative estimate of drug-likeness (QED) is 0.823. The van der Waals surface area contributed by atoms with Crippen molar-refractivity contribution in [3.8, 4) is 0 Å². The molecule has 0 bridgehead atoms. The lowest BCUT2D eigenvalue weighted by Crippen LogP contribution is -2.33. The van der Waals surface area contributed by atoms with Crippen LogP contribution in [0.1, 0.15) is 27.0 Å². The van der Waals surface area contributed by atoms with Crippen molar-refractivity contribution in [3.63, 3.8) is 0 Å². The van der Waals surface area contributed by atoms with Gasteiger partial charge in [0.15, 0.2) is 0 Å². The number of carbonyl (C=O) groups is 2. The Balaban J connectivity index is 1.96. The average Bonchev–Trinajstić information content (AvgIpc) is 2.55. The summed E-state index contributed by atoms with van der Waals surface area (Å²) in [5, 5.41) is 5.34. The van der Waals surface area contributed by atoms with Crippen molar-refractivity contribution in [2.45, 2.75) is 20.0 Å². The molecule has 0 heterocycles. The van der Waals surface area contributed by atoms with Gasteiger partial charge in [0.05, 0.1) is 22.8 Å². The highest BCUT2D eigenvalue weighted by atomic mass is 35.5. The van der Waals surface area contributed by atoms with Gasteiger partial charge >= 0.3 is 6.18 Å². The maximum absolute atomic E-state index is 12.5. The topological polar surface area (TPSA) is 58.2 Å². The largest absolute Gasteiger partial charge is 0.416 e. The Kier molecular flexibility index (Phi) is 5.92. The third-order valence-electron chi connectivity index (χ3n) is 3.58. The van der Waals surface area contributed by atoms with Crippen LogP contribution in [-0.4, -0.2) is 18.4 Å². The molecule has 2 N–H and O–H groups in total. The Morgan fingerprint density at radius 1 is 1.08 bits per heavy atom. The molecule has 0 aliphatic rings. The Morgan fingerprint density at radius 2 is 1.69 bits per heavy atom. The van der Waals surface area contributed by atoms with Crippen LogP contribution in [0.15, 0.2) is 36.4 Å². The molecule has 138 valence electrons. The molecule has 2 aromatic rings. The summed E-state index contributed by atoms with van der Waals surface area (Å²) in [4.78, 5) is 23.9. The number of carbonyl (C=O) groups excluding carboxylic acids is 2. The summed E-state index contributed by atoms with van der Waals surface area (Å²) in [5.41, 5.74) is 1.34. The van der Waals surface area contributed by atoms with E-state index in [0.717, 1.165) is 35.4 Å². The van der Waals surface area contributed by atoms with Crippen LogP contribution in [0.25, 0.3) is 0 Å². The first kappa shape index (κ1) is 19.8. The van der Waals surface area contributed by atoms with Crippen LogP contribution in [0, 0.1) is 13.8 Å². The fourth-order valence-corrected chi connectivity index (χ4v) is 2.70. The fourth-order valence-electron chi connectivity index (χ4n) is 2.33. The van der Waals surface area contributed by atoms with Gasteiger partial charge in [0, 0.05) is 5.56 Å². The Bertz CT molecular complexity index is 810. The van der Waals surface area contributed by atoms with Crippen molar-refractivity contribution >= 4 is 29.1 Å². The van der Waals surface area contributed by atoms with E-state index in [4.69, 9.17) is 11.6 Å². The van der Waals surface area contributed by atoms with E-state index >= 15 is 0 Å². The molecule has 0 saturated heterocycles. The van der Waals surface area contributed by atoms with Gasteiger partial charge in [-0.2, -0.15) is 13.2 Å². The smallest absolute Gasteiger partial charge is 0.343 e. The molecule has 4 nitrogen and oxygen atoms in total. The first-order chi connectivity index (χ1) is 12.1. The second-order valence-corrected chi connectivity index (χ2v) is 6.15. The molecule has 0 radical (unpaired) electrons. The van der Waals surface area contributed by atoms with Crippen LogP contribution in [-0.2, 0) is 11.0 Å². The molecular weight excluding hydrogens is 369 g/mol. The molecule has 26 heavy (non-hydrogen) atoms. The van der Waals surface area contributed by atoms with Gasteiger partial charge in [0.25, 0.3) is 5.91 Å². The van der Waals surface area contributed by atoms with Crippen LogP contribution in [0.2, 0.25) is 5.02 Å². The van der Waals surface area contributed by atoms with Crippen LogP contribution in [0.3, 0.4) is 0 Å². The molecule has 0 spiro atoms. The van der Waals surface area contributed by atoms with Gasteiger partial charge < -0.3 is 10.6 Å². The van der Waals surface area contributed by atoms with E-state index in [1.165, 1.54) is 0 Å². The zero-order valence-corrected chi connectivity index (χ0v) is 14.8. The fraction of sp³-hybridized carbons (Fsp3) is 0.222. The molecule has 8 heteroatoms.